The summed E-state index contributed by atoms with van der Waals surface area (Å²) < 4.78 is 38.1. The Morgan fingerprint density at radius 2 is 2.10 bits per heavy atom. The van der Waals surface area contributed by atoms with Crippen LogP contribution in [0.25, 0.3) is 0 Å². The molecule has 1 fully saturated rings. The van der Waals surface area contributed by atoms with E-state index in [1.54, 1.807) is 6.92 Å². The molecule has 0 spiro atoms. The molecular weight excluding hydrogens is 283 g/mol. The lowest BCUT2D eigenvalue weighted by molar-refractivity contribution is -0.187. The van der Waals surface area contributed by atoms with Gasteiger partial charge in [-0.3, -0.25) is 9.69 Å². The molecule has 1 amide bonds. The molecule has 4 nitrogen and oxygen atoms in total. The van der Waals surface area contributed by atoms with Crippen LogP contribution < -0.4 is 5.32 Å². The van der Waals surface area contributed by atoms with E-state index in [9.17, 15) is 18.0 Å². The summed E-state index contributed by atoms with van der Waals surface area (Å²) >= 11 is 0. The third kappa shape index (κ3) is 4.88. The van der Waals surface area contributed by atoms with Crippen molar-refractivity contribution >= 4 is 5.91 Å². The lowest BCUT2D eigenvalue weighted by Crippen LogP contribution is -2.53. The Labute approximate surface area is 123 Å². The number of piperidine rings is 1. The maximum atomic E-state index is 12.7. The van der Waals surface area contributed by atoms with Crippen LogP contribution in [-0.4, -0.2) is 42.2 Å². The summed E-state index contributed by atoms with van der Waals surface area (Å²) in [5, 5.41) is 11.8. The van der Waals surface area contributed by atoms with E-state index in [0.29, 0.717) is 13.0 Å². The highest BCUT2D eigenvalue weighted by molar-refractivity contribution is 5.79. The van der Waals surface area contributed by atoms with E-state index in [-0.39, 0.29) is 25.4 Å². The average Bonchev–Trinajstić information content (AvgIpc) is 2.37. The van der Waals surface area contributed by atoms with E-state index in [4.69, 9.17) is 5.26 Å². The molecule has 1 N–H and O–H groups in total. The van der Waals surface area contributed by atoms with Crippen molar-refractivity contribution in [1.29, 1.82) is 5.26 Å². The van der Waals surface area contributed by atoms with Crippen molar-refractivity contribution in [2.75, 3.05) is 19.6 Å². The van der Waals surface area contributed by atoms with E-state index in [2.05, 4.69) is 5.32 Å². The van der Waals surface area contributed by atoms with Gasteiger partial charge in [0.25, 0.3) is 0 Å². The fourth-order valence-electron chi connectivity index (χ4n) is 2.30. The highest BCUT2D eigenvalue weighted by Gasteiger charge is 2.42. The van der Waals surface area contributed by atoms with Crippen LogP contribution >= 0.6 is 0 Å². The second-order valence-corrected chi connectivity index (χ2v) is 6.13. The van der Waals surface area contributed by atoms with Gasteiger partial charge in [-0.2, -0.15) is 18.4 Å². The molecular formula is C14H22F3N3O. The second kappa shape index (κ2) is 6.65. The first-order valence-electron chi connectivity index (χ1n) is 7.10. The fourth-order valence-corrected chi connectivity index (χ4v) is 2.30. The van der Waals surface area contributed by atoms with Gasteiger partial charge < -0.3 is 5.32 Å². The number of amides is 1. The Kier molecular flexibility index (Phi) is 5.62. The minimum atomic E-state index is -4.21. The Morgan fingerprint density at radius 3 is 2.57 bits per heavy atom. The molecule has 1 aliphatic rings. The van der Waals surface area contributed by atoms with Gasteiger partial charge in [0.05, 0.1) is 18.5 Å². The van der Waals surface area contributed by atoms with Crippen molar-refractivity contribution in [3.05, 3.63) is 0 Å². The zero-order valence-corrected chi connectivity index (χ0v) is 12.6. The first-order chi connectivity index (χ1) is 9.58. The van der Waals surface area contributed by atoms with Crippen LogP contribution in [0.3, 0.4) is 0 Å². The van der Waals surface area contributed by atoms with Crippen LogP contribution in [0.15, 0.2) is 0 Å². The number of halogens is 3. The number of alkyl halides is 3. The van der Waals surface area contributed by atoms with E-state index < -0.39 is 23.5 Å². The third-order valence-electron chi connectivity index (χ3n) is 4.12. The van der Waals surface area contributed by atoms with E-state index in [0.717, 1.165) is 0 Å². The van der Waals surface area contributed by atoms with E-state index >= 15 is 0 Å². The molecule has 1 rings (SSSR count). The van der Waals surface area contributed by atoms with Crippen LogP contribution in [0.2, 0.25) is 0 Å². The van der Waals surface area contributed by atoms with Crippen molar-refractivity contribution in [2.24, 2.45) is 11.8 Å². The molecule has 0 saturated carbocycles. The van der Waals surface area contributed by atoms with Gasteiger partial charge in [-0.25, -0.2) is 0 Å². The molecule has 0 aromatic carbocycles. The number of hydrogen-bond acceptors (Lipinski definition) is 3. The van der Waals surface area contributed by atoms with Crippen LogP contribution in [0.1, 0.15) is 33.6 Å². The van der Waals surface area contributed by atoms with Crippen molar-refractivity contribution in [3.63, 3.8) is 0 Å². The van der Waals surface area contributed by atoms with Crippen molar-refractivity contribution in [2.45, 2.75) is 45.3 Å². The minimum Gasteiger partial charge on any atom is -0.337 e. The predicted octanol–water partition coefficient (Wildman–Crippen LogP) is 2.32. The molecule has 0 aromatic rings. The summed E-state index contributed by atoms with van der Waals surface area (Å²) in [4.78, 5) is 13.5. The second-order valence-electron chi connectivity index (χ2n) is 6.13. The molecule has 1 aliphatic heterocycles. The van der Waals surface area contributed by atoms with Crippen LogP contribution in [0, 0.1) is 23.2 Å². The number of nitrogens with zero attached hydrogens (tertiary/aromatic N) is 2. The molecule has 1 heterocycles. The van der Waals surface area contributed by atoms with Gasteiger partial charge in [-0.05, 0) is 32.2 Å². The van der Waals surface area contributed by atoms with E-state index in [1.165, 1.54) is 4.90 Å². The number of carbonyl (C=O) groups excluding carboxylic acids is 1. The Bertz CT molecular complexity index is 417. The maximum Gasteiger partial charge on any atom is 0.393 e. The highest BCUT2D eigenvalue weighted by atomic mass is 19.4. The van der Waals surface area contributed by atoms with Gasteiger partial charge in [-0.1, -0.05) is 13.8 Å². The predicted molar refractivity (Wildman–Crippen MR) is 72.2 cm³/mol. The molecule has 2 atom stereocenters. The van der Waals surface area contributed by atoms with Gasteiger partial charge in [0.2, 0.25) is 5.91 Å². The topological polar surface area (TPSA) is 56.1 Å². The number of nitrogens with one attached hydrogen (secondary N) is 1. The van der Waals surface area contributed by atoms with Crippen molar-refractivity contribution in [1.82, 2.24) is 10.2 Å². The molecule has 21 heavy (non-hydrogen) atoms. The maximum absolute atomic E-state index is 12.7. The Morgan fingerprint density at radius 1 is 1.48 bits per heavy atom. The van der Waals surface area contributed by atoms with Crippen molar-refractivity contribution in [3.8, 4) is 6.07 Å². The monoisotopic (exact) mass is 305 g/mol. The molecule has 0 aliphatic carbocycles. The van der Waals surface area contributed by atoms with E-state index in [1.807, 2.05) is 19.9 Å². The molecule has 120 valence electrons. The SMILES string of the molecule is CC(C)C(C)(C#N)NC(=O)CN1CCCC(C(F)(F)F)C1. The summed E-state index contributed by atoms with van der Waals surface area (Å²) in [6.45, 7) is 5.46. The minimum absolute atomic E-state index is 0.0873. The number of rotatable bonds is 4. The third-order valence-corrected chi connectivity index (χ3v) is 4.12. The zero-order chi connectivity index (χ0) is 16.3. The summed E-state index contributed by atoms with van der Waals surface area (Å²) in [6, 6.07) is 2.05. The number of likely N-dealkylation sites (tertiary alicyclic amines) is 1. The highest BCUT2D eigenvalue weighted by Crippen LogP contribution is 2.32. The lowest BCUT2D eigenvalue weighted by Gasteiger charge is -2.34. The number of hydrogen-bond donors (Lipinski definition) is 1. The van der Waals surface area contributed by atoms with Crippen molar-refractivity contribution < 1.29 is 18.0 Å². The first kappa shape index (κ1) is 17.8. The summed E-state index contributed by atoms with van der Waals surface area (Å²) in [6.07, 6.45) is -3.67. The van der Waals surface area contributed by atoms with Gasteiger partial charge in [-0.15, -0.1) is 0 Å². The summed E-state index contributed by atoms with van der Waals surface area (Å²) in [5.41, 5.74) is -1.00. The standard InChI is InChI=1S/C14H22F3N3O/c1-10(2)13(3,9-18)19-12(21)8-20-6-4-5-11(7-20)14(15,16)17/h10-11H,4-8H2,1-3H3,(H,19,21). The summed E-state index contributed by atoms with van der Waals surface area (Å²) in [7, 11) is 0. The lowest BCUT2D eigenvalue weighted by atomic mass is 9.90. The normalized spacial score (nSPS) is 23.4. The molecule has 1 saturated heterocycles. The first-order valence-corrected chi connectivity index (χ1v) is 7.10. The van der Waals surface area contributed by atoms with Crippen LogP contribution in [0.4, 0.5) is 13.2 Å². The quantitative estimate of drug-likeness (QED) is 0.867. The number of nitriles is 1. The fraction of sp³-hybridized carbons (Fsp3) is 0.857. The summed E-state index contributed by atoms with van der Waals surface area (Å²) in [5.74, 6) is -1.86. The molecule has 7 heteroatoms. The largest absolute Gasteiger partial charge is 0.393 e. The molecule has 0 radical (unpaired) electrons. The molecule has 0 aromatic heterocycles. The average molecular weight is 305 g/mol. The molecule has 0 bridgehead atoms. The van der Waals surface area contributed by atoms with Crippen LogP contribution in [0.5, 0.6) is 0 Å². The van der Waals surface area contributed by atoms with Gasteiger partial charge in [0, 0.05) is 6.54 Å². The Hall–Kier alpha value is -1.29. The van der Waals surface area contributed by atoms with Crippen LogP contribution in [-0.2, 0) is 4.79 Å². The molecule has 2 unspecified atom stereocenters. The zero-order valence-electron chi connectivity index (χ0n) is 12.6. The van der Waals surface area contributed by atoms with Gasteiger partial charge in [0.15, 0.2) is 0 Å². The number of carbonyl (C=O) groups is 1. The smallest absolute Gasteiger partial charge is 0.337 e. The Balaban J connectivity index is 2.57. The van der Waals surface area contributed by atoms with Gasteiger partial charge in [0.1, 0.15) is 5.54 Å². The van der Waals surface area contributed by atoms with Gasteiger partial charge >= 0.3 is 6.18 Å².